The zero-order valence-electron chi connectivity index (χ0n) is 10.4. The summed E-state index contributed by atoms with van der Waals surface area (Å²) in [7, 11) is 0. The van der Waals surface area contributed by atoms with Gasteiger partial charge in [0.15, 0.2) is 0 Å². The zero-order chi connectivity index (χ0) is 13.6. The molecule has 1 aliphatic rings. The fraction of sp³-hybridized carbons (Fsp3) is 0.417. The Hall–Kier alpha value is -1.73. The summed E-state index contributed by atoms with van der Waals surface area (Å²) in [6.45, 7) is 1.90. The predicted octanol–water partition coefficient (Wildman–Crippen LogP) is 2.41. The van der Waals surface area contributed by atoms with Crippen LogP contribution >= 0.6 is 11.3 Å². The molecule has 1 aromatic carbocycles. The number of benzene rings is 1. The number of aromatic nitrogens is 1. The maximum Gasteiger partial charge on any atom is 0.293 e. The minimum Gasteiger partial charge on any atom is -0.377 e. The lowest BCUT2D eigenvalue weighted by atomic mass is 9.87. The van der Waals surface area contributed by atoms with Crippen LogP contribution in [0.3, 0.4) is 0 Å². The van der Waals surface area contributed by atoms with Gasteiger partial charge in [-0.2, -0.15) is 0 Å². The number of aryl methyl sites for hydroxylation is 1. The topological polar surface area (TPSA) is 94.1 Å². The first-order valence-corrected chi connectivity index (χ1v) is 6.92. The molecule has 1 aliphatic carbocycles. The largest absolute Gasteiger partial charge is 0.377 e. The Balaban J connectivity index is 1.99. The van der Waals surface area contributed by atoms with Gasteiger partial charge in [-0.1, -0.05) is 0 Å². The molecule has 0 unspecified atom stereocenters. The Labute approximate surface area is 113 Å². The third-order valence-electron chi connectivity index (χ3n) is 3.34. The van der Waals surface area contributed by atoms with E-state index in [1.165, 1.54) is 11.3 Å². The summed E-state index contributed by atoms with van der Waals surface area (Å²) < 4.78 is 0.847. The quantitative estimate of drug-likeness (QED) is 0.664. The second kappa shape index (κ2) is 4.43. The summed E-state index contributed by atoms with van der Waals surface area (Å²) in [6, 6.07) is 3.80. The van der Waals surface area contributed by atoms with Gasteiger partial charge in [-0.3, -0.25) is 10.1 Å². The second-order valence-corrected chi connectivity index (χ2v) is 6.13. The highest BCUT2D eigenvalue weighted by Crippen LogP contribution is 2.35. The van der Waals surface area contributed by atoms with Crippen molar-refractivity contribution < 1.29 is 4.92 Å². The Kier molecular flexibility index (Phi) is 2.87. The molecule has 0 radical (unpaired) electrons. The number of thiazole rings is 1. The summed E-state index contributed by atoms with van der Waals surface area (Å²) in [5.74, 6) is 0. The van der Waals surface area contributed by atoms with Crippen molar-refractivity contribution in [2.45, 2.75) is 31.8 Å². The van der Waals surface area contributed by atoms with Gasteiger partial charge in [0.05, 0.1) is 20.1 Å². The highest BCUT2D eigenvalue weighted by molar-refractivity contribution is 7.18. The third kappa shape index (κ3) is 2.26. The van der Waals surface area contributed by atoms with Gasteiger partial charge >= 0.3 is 0 Å². The molecule has 3 N–H and O–H groups in total. The third-order valence-corrected chi connectivity index (χ3v) is 4.28. The van der Waals surface area contributed by atoms with E-state index in [0.29, 0.717) is 5.69 Å². The van der Waals surface area contributed by atoms with Crippen molar-refractivity contribution in [3.05, 3.63) is 27.3 Å². The van der Waals surface area contributed by atoms with Gasteiger partial charge < -0.3 is 11.1 Å². The first-order chi connectivity index (χ1) is 9.02. The molecule has 0 atom stereocenters. The Morgan fingerprint density at radius 2 is 2.26 bits per heavy atom. The average Bonchev–Trinajstić information content (AvgIpc) is 2.65. The van der Waals surface area contributed by atoms with E-state index in [1.54, 1.807) is 12.1 Å². The summed E-state index contributed by atoms with van der Waals surface area (Å²) in [5.41, 5.74) is 7.18. The molecule has 0 aliphatic heterocycles. The summed E-state index contributed by atoms with van der Waals surface area (Å²) >= 11 is 1.47. The van der Waals surface area contributed by atoms with Gasteiger partial charge in [0.1, 0.15) is 5.69 Å². The smallest absolute Gasteiger partial charge is 0.293 e. The Morgan fingerprint density at radius 3 is 2.89 bits per heavy atom. The van der Waals surface area contributed by atoms with Crippen LogP contribution in [-0.2, 0) is 0 Å². The Morgan fingerprint density at radius 1 is 1.53 bits per heavy atom. The molecule has 0 amide bonds. The fourth-order valence-electron chi connectivity index (χ4n) is 2.34. The lowest BCUT2D eigenvalue weighted by Gasteiger charge is -2.33. The number of rotatable bonds is 3. The van der Waals surface area contributed by atoms with Crippen molar-refractivity contribution in [1.82, 2.24) is 4.98 Å². The molecule has 2 aromatic rings. The summed E-state index contributed by atoms with van der Waals surface area (Å²) in [6.07, 6.45) is 1.70. The van der Waals surface area contributed by atoms with E-state index in [0.717, 1.165) is 28.1 Å². The Bertz CT molecular complexity index is 648. The van der Waals surface area contributed by atoms with Gasteiger partial charge in [0, 0.05) is 18.2 Å². The van der Waals surface area contributed by atoms with Crippen LogP contribution in [0.1, 0.15) is 17.8 Å². The van der Waals surface area contributed by atoms with E-state index in [2.05, 4.69) is 10.3 Å². The summed E-state index contributed by atoms with van der Waals surface area (Å²) in [5, 5.41) is 15.3. The van der Waals surface area contributed by atoms with E-state index >= 15 is 0 Å². The number of nitro groups is 1. The number of hydrogen-bond acceptors (Lipinski definition) is 6. The molecule has 6 nitrogen and oxygen atoms in total. The number of hydrogen-bond donors (Lipinski definition) is 2. The molecule has 19 heavy (non-hydrogen) atoms. The fourth-order valence-corrected chi connectivity index (χ4v) is 3.19. The number of nitrogens with two attached hydrogens (primary N) is 1. The predicted molar refractivity (Wildman–Crippen MR) is 75.6 cm³/mol. The van der Waals surface area contributed by atoms with Gasteiger partial charge in [-0.25, -0.2) is 4.98 Å². The van der Waals surface area contributed by atoms with Crippen molar-refractivity contribution in [1.29, 1.82) is 0 Å². The standard InChI is InChI=1S/C12H14N4O2S/c1-6-14-10-4-9(15-8-2-7(13)3-8)11(16(17)18)5-12(10)19-6/h4-5,7-8,15H,2-3,13H2,1H3. The number of anilines is 1. The number of nitrogens with one attached hydrogen (secondary N) is 1. The number of nitrogens with zero attached hydrogens (tertiary/aromatic N) is 2. The lowest BCUT2D eigenvalue weighted by Crippen LogP contribution is -2.44. The van der Waals surface area contributed by atoms with Gasteiger partial charge in [0.2, 0.25) is 0 Å². The van der Waals surface area contributed by atoms with Gasteiger partial charge in [-0.15, -0.1) is 11.3 Å². The van der Waals surface area contributed by atoms with Crippen LogP contribution in [0.25, 0.3) is 10.2 Å². The normalized spacial score (nSPS) is 22.2. The highest BCUT2D eigenvalue weighted by atomic mass is 32.1. The van der Waals surface area contributed by atoms with Gasteiger partial charge in [-0.05, 0) is 25.8 Å². The van der Waals surface area contributed by atoms with Crippen LogP contribution < -0.4 is 11.1 Å². The molecule has 100 valence electrons. The lowest BCUT2D eigenvalue weighted by molar-refractivity contribution is -0.383. The maximum atomic E-state index is 11.1. The molecule has 7 heteroatoms. The van der Waals surface area contributed by atoms with Crippen molar-refractivity contribution >= 4 is 32.9 Å². The minimum absolute atomic E-state index is 0.108. The van der Waals surface area contributed by atoms with Crippen LogP contribution in [0.5, 0.6) is 0 Å². The number of nitro benzene ring substituents is 1. The minimum atomic E-state index is -0.352. The van der Waals surface area contributed by atoms with Gasteiger partial charge in [0.25, 0.3) is 5.69 Å². The van der Waals surface area contributed by atoms with Crippen molar-refractivity contribution in [2.24, 2.45) is 5.73 Å². The number of fused-ring (bicyclic) bond motifs is 1. The maximum absolute atomic E-state index is 11.1. The average molecular weight is 278 g/mol. The van der Waals surface area contributed by atoms with Crippen molar-refractivity contribution in [2.75, 3.05) is 5.32 Å². The van der Waals surface area contributed by atoms with Crippen LogP contribution in [-0.4, -0.2) is 22.0 Å². The summed E-state index contributed by atoms with van der Waals surface area (Å²) in [4.78, 5) is 15.2. The first kappa shape index (κ1) is 12.3. The molecule has 1 aromatic heterocycles. The van der Waals surface area contributed by atoms with E-state index in [-0.39, 0.29) is 22.7 Å². The molecular formula is C12H14N4O2S. The van der Waals surface area contributed by atoms with E-state index < -0.39 is 0 Å². The highest BCUT2D eigenvalue weighted by Gasteiger charge is 2.28. The monoisotopic (exact) mass is 278 g/mol. The molecule has 3 rings (SSSR count). The van der Waals surface area contributed by atoms with Crippen LogP contribution in [0.4, 0.5) is 11.4 Å². The van der Waals surface area contributed by atoms with Crippen LogP contribution in [0.2, 0.25) is 0 Å². The molecule has 0 bridgehead atoms. The second-order valence-electron chi connectivity index (χ2n) is 4.90. The van der Waals surface area contributed by atoms with E-state index in [4.69, 9.17) is 5.73 Å². The van der Waals surface area contributed by atoms with Crippen LogP contribution in [0.15, 0.2) is 12.1 Å². The van der Waals surface area contributed by atoms with Crippen LogP contribution in [0, 0.1) is 17.0 Å². The van der Waals surface area contributed by atoms with Crippen molar-refractivity contribution in [3.63, 3.8) is 0 Å². The first-order valence-electron chi connectivity index (χ1n) is 6.10. The molecule has 1 fully saturated rings. The molecular weight excluding hydrogens is 264 g/mol. The van der Waals surface area contributed by atoms with Crippen molar-refractivity contribution in [3.8, 4) is 0 Å². The molecule has 1 saturated carbocycles. The molecule has 0 saturated heterocycles. The molecule has 1 heterocycles. The van der Waals surface area contributed by atoms with E-state index in [1.807, 2.05) is 6.92 Å². The zero-order valence-corrected chi connectivity index (χ0v) is 11.2. The molecule has 0 spiro atoms. The SMILES string of the molecule is Cc1nc2cc(NC3CC(N)C3)c([N+](=O)[O-])cc2s1. The van der Waals surface area contributed by atoms with E-state index in [9.17, 15) is 10.1 Å².